The number of hydrogen-bond donors (Lipinski definition) is 3. The third kappa shape index (κ3) is 14.5. The van der Waals surface area contributed by atoms with Crippen LogP contribution in [0.4, 0.5) is 17.6 Å². The van der Waals surface area contributed by atoms with Crippen molar-refractivity contribution in [2.75, 3.05) is 12.4 Å². The molecule has 1 spiro atoms. The summed E-state index contributed by atoms with van der Waals surface area (Å²) >= 11 is 0. The predicted molar refractivity (Wildman–Crippen MR) is 351 cm³/mol. The second kappa shape index (κ2) is 26.9. The molecule has 14 heteroatoms. The van der Waals surface area contributed by atoms with Gasteiger partial charge in [0.1, 0.15) is 0 Å². The van der Waals surface area contributed by atoms with Crippen molar-refractivity contribution in [2.24, 2.45) is 81.8 Å². The lowest BCUT2D eigenvalue weighted by Crippen LogP contribution is -2.50. The van der Waals surface area contributed by atoms with Crippen LogP contribution in [0, 0.1) is 81.8 Å². The lowest BCUT2D eigenvalue weighted by Gasteiger charge is -2.55. The van der Waals surface area contributed by atoms with Crippen LogP contribution >= 0.6 is 0 Å². The van der Waals surface area contributed by atoms with Crippen molar-refractivity contribution in [1.82, 2.24) is 0 Å². The maximum absolute atomic E-state index is 14.3. The minimum atomic E-state index is -3.80. The molecule has 1 heterocycles. The van der Waals surface area contributed by atoms with Crippen LogP contribution in [0.3, 0.4) is 0 Å². The summed E-state index contributed by atoms with van der Waals surface area (Å²) in [6.07, 6.45) is 24.1. The van der Waals surface area contributed by atoms with E-state index in [9.17, 15) is 49.7 Å². The van der Waals surface area contributed by atoms with E-state index in [2.05, 4.69) is 53.7 Å². The summed E-state index contributed by atoms with van der Waals surface area (Å²) in [5.41, 5.74) is 0.775. The van der Waals surface area contributed by atoms with E-state index >= 15 is 0 Å². The fourth-order valence-corrected chi connectivity index (χ4v) is 25.0. The fourth-order valence-electron chi connectivity index (χ4n) is 21.1. The molecular weight excluding hydrogens is 1170 g/mol. The van der Waals surface area contributed by atoms with Crippen LogP contribution in [0.2, 0.25) is 0 Å². The van der Waals surface area contributed by atoms with Gasteiger partial charge in [-0.2, -0.15) is 0 Å². The molecule has 2 aromatic rings. The van der Waals surface area contributed by atoms with Crippen LogP contribution in [0.1, 0.15) is 237 Å². The van der Waals surface area contributed by atoms with Gasteiger partial charge in [0.05, 0.1) is 49.8 Å². The SMILES string of the molecule is C.C.C.CC[C@]1(O)CC[C@H]2C(=CC[C@@H]3[C@@H]2CC[C@]2(C)[C@@H]([C@H](C)C(CC4(O)CCC(F)(F)CC4)S(=O)(=O)c4ccccc4)CC[C@@H]32)C1.CC[C@]1(O)CC[C@H]2C(=CC[C@@H]3[C@@H]2CC[C@]2(C)[C@@H]([C@H](C)CS(=O)(=O)c4ccccc4)CC[C@@H]32)C1.FC1(F)CCC2(CC1)CO2. The summed E-state index contributed by atoms with van der Waals surface area (Å²) in [4.78, 5) is 0.726. The highest BCUT2D eigenvalue weighted by atomic mass is 32.2. The molecule has 1 unspecified atom stereocenters. The van der Waals surface area contributed by atoms with Gasteiger partial charge in [-0.3, -0.25) is 0 Å². The number of aliphatic hydroxyl groups is 3. The Morgan fingerprint density at radius 2 is 0.955 bits per heavy atom. The van der Waals surface area contributed by atoms with Crippen molar-refractivity contribution in [3.05, 3.63) is 84.0 Å². The molecule has 11 aliphatic rings. The predicted octanol–water partition coefficient (Wildman–Crippen LogP) is 18.4. The number of hydrogen-bond acceptors (Lipinski definition) is 8. The number of fused-ring (bicyclic) bond motifs is 10. The van der Waals surface area contributed by atoms with Gasteiger partial charge in [0, 0.05) is 25.7 Å². The lowest BCUT2D eigenvalue weighted by molar-refractivity contribution is -0.108. The summed E-state index contributed by atoms with van der Waals surface area (Å²) in [7, 11) is -7.05. The Hall–Kier alpha value is -2.62. The normalized spacial score (nSPS) is 38.5. The van der Waals surface area contributed by atoms with Gasteiger partial charge in [0.2, 0.25) is 11.8 Å². The number of benzene rings is 2. The highest BCUT2D eigenvalue weighted by Gasteiger charge is 2.61. The van der Waals surface area contributed by atoms with Gasteiger partial charge in [0.25, 0.3) is 0 Å². The second-order valence-electron chi connectivity index (χ2n) is 31.1. The smallest absolute Gasteiger partial charge is 0.248 e. The highest BCUT2D eigenvalue weighted by molar-refractivity contribution is 7.92. The molecule has 89 heavy (non-hydrogen) atoms. The first-order valence-corrected chi connectivity index (χ1v) is 37.2. The first-order valence-electron chi connectivity index (χ1n) is 34.0. The minimum absolute atomic E-state index is 0. The Bertz CT molecular complexity index is 2980. The van der Waals surface area contributed by atoms with Gasteiger partial charge in [-0.1, -0.05) is 124 Å². The molecule has 1 aliphatic heterocycles. The Labute approximate surface area is 535 Å². The molecule has 8 nitrogen and oxygen atoms in total. The molecule has 13 rings (SSSR count). The van der Waals surface area contributed by atoms with E-state index in [-0.39, 0.29) is 99.2 Å². The topological polar surface area (TPSA) is 142 Å². The molecule has 0 bridgehead atoms. The molecule has 1 saturated heterocycles. The number of ether oxygens (including phenoxy) is 1. The van der Waals surface area contributed by atoms with Crippen molar-refractivity contribution in [3.63, 3.8) is 0 Å². The van der Waals surface area contributed by atoms with E-state index in [1.165, 1.54) is 37.7 Å². The molecule has 0 radical (unpaired) electrons. The van der Waals surface area contributed by atoms with Gasteiger partial charge in [0.15, 0.2) is 19.7 Å². The van der Waals surface area contributed by atoms with Gasteiger partial charge in [-0.25, -0.2) is 34.4 Å². The lowest BCUT2D eigenvalue weighted by atomic mass is 9.50. The first-order chi connectivity index (χ1) is 40.5. The third-order valence-electron chi connectivity index (χ3n) is 26.5. The van der Waals surface area contributed by atoms with Crippen molar-refractivity contribution in [3.8, 4) is 0 Å². The molecular formula is C75H116F4O8S2. The van der Waals surface area contributed by atoms with E-state index in [0.717, 1.165) is 95.3 Å². The molecule has 9 fully saturated rings. The Kier molecular flexibility index (Phi) is 21.8. The van der Waals surface area contributed by atoms with E-state index in [1.54, 1.807) is 48.0 Å². The van der Waals surface area contributed by atoms with Crippen molar-refractivity contribution in [2.45, 2.75) is 286 Å². The maximum atomic E-state index is 14.3. The number of epoxide rings is 1. The number of halogens is 4. The third-order valence-corrected chi connectivity index (χ3v) is 30.8. The van der Waals surface area contributed by atoms with Crippen LogP contribution in [0.15, 0.2) is 93.8 Å². The van der Waals surface area contributed by atoms with Crippen LogP contribution in [0.25, 0.3) is 0 Å². The monoisotopic (exact) mass is 1280 g/mol. The van der Waals surface area contributed by atoms with Crippen LogP contribution in [-0.4, -0.2) is 84.0 Å². The van der Waals surface area contributed by atoms with Crippen molar-refractivity contribution >= 4 is 19.7 Å². The quantitative estimate of drug-likeness (QED) is 0.108. The van der Waals surface area contributed by atoms with Gasteiger partial charge in [-0.15, -0.1) is 0 Å². The maximum Gasteiger partial charge on any atom is 0.248 e. The van der Waals surface area contributed by atoms with Gasteiger partial charge >= 0.3 is 0 Å². The zero-order chi connectivity index (χ0) is 61.5. The van der Waals surface area contributed by atoms with Crippen molar-refractivity contribution < 1.29 is 54.5 Å². The minimum Gasteiger partial charge on any atom is -0.390 e. The van der Waals surface area contributed by atoms with E-state index in [0.29, 0.717) is 65.8 Å². The van der Waals surface area contributed by atoms with E-state index in [4.69, 9.17) is 4.74 Å². The average molecular weight is 1290 g/mol. The van der Waals surface area contributed by atoms with Crippen LogP contribution in [-0.2, 0) is 24.4 Å². The van der Waals surface area contributed by atoms with E-state index < -0.39 is 66.4 Å². The van der Waals surface area contributed by atoms with Crippen LogP contribution < -0.4 is 0 Å². The molecule has 0 aromatic heterocycles. The first kappa shape index (κ1) is 72.2. The Morgan fingerprint density at radius 1 is 0.528 bits per heavy atom. The number of alkyl halides is 4. The highest BCUT2D eigenvalue weighted by Crippen LogP contribution is 2.67. The molecule has 2 aromatic carbocycles. The molecule has 3 N–H and O–H groups in total. The molecule has 8 saturated carbocycles. The fraction of sp³-hybridized carbons (Fsp3) is 0.787. The molecule has 0 amide bonds. The number of sulfone groups is 2. The van der Waals surface area contributed by atoms with Crippen LogP contribution in [0.5, 0.6) is 0 Å². The largest absolute Gasteiger partial charge is 0.390 e. The molecule has 17 atom stereocenters. The van der Waals surface area contributed by atoms with E-state index in [1.807, 2.05) is 18.2 Å². The van der Waals surface area contributed by atoms with Gasteiger partial charge in [-0.05, 0) is 254 Å². The molecule has 10 aliphatic carbocycles. The second-order valence-corrected chi connectivity index (χ2v) is 35.3. The average Bonchev–Trinajstić information content (AvgIpc) is 1.69. The summed E-state index contributed by atoms with van der Waals surface area (Å²) in [5, 5.41) is 32.6. The Morgan fingerprint density at radius 3 is 1.40 bits per heavy atom. The molecule has 504 valence electrons. The summed E-state index contributed by atoms with van der Waals surface area (Å²) in [5.74, 6) is 0.961. The Balaban J connectivity index is 0.000000197. The summed E-state index contributed by atoms with van der Waals surface area (Å²) in [6.45, 7) is 14.1. The number of rotatable bonds is 12. The zero-order valence-electron chi connectivity index (χ0n) is 52.7. The summed E-state index contributed by atoms with van der Waals surface area (Å²) in [6, 6.07) is 17.5. The zero-order valence-corrected chi connectivity index (χ0v) is 54.3. The van der Waals surface area contributed by atoms with Gasteiger partial charge < -0.3 is 20.1 Å². The van der Waals surface area contributed by atoms with Crippen molar-refractivity contribution in [1.29, 1.82) is 0 Å². The number of allylic oxidation sites excluding steroid dienone is 2. The standard InChI is InChI=1S/C36H52F2O4S.C29H42O3S.C7H10F2O.3CH4/c1-4-34(39)17-15-27-25(22-34)10-11-29-28(27)14-16-33(3)30(12-13-31(29)33)24(2)32(43(41,42)26-8-6-5-7-9-26)23-35(40)18-20-36(37,38)21-19-35;1-4-29(30)17-15-23-21(18-29)10-11-25-24(23)14-16-28(3)26(12-13-27(25)28)20(2)19-33(31,32)22-8-6-5-7-9-22;8-7(9)3-1-6(2-4-7)5-10-6;;;/h5-10,24,27-32,39-40H,4,11-23H2,1-3H3;5-10,20,23-27,30H,4,11-19H2,1-3H3;1-5H2;3*1H4/t24-,27-,28+,29+,30+,31-,32?,33+,34-;20-,23+,24-,25-,26-,27+,28-,29+;;;;/m01..../s1. The summed E-state index contributed by atoms with van der Waals surface area (Å²) < 4.78 is 113.